The zero-order valence-electron chi connectivity index (χ0n) is 17.2. The zero-order chi connectivity index (χ0) is 21.8. The van der Waals surface area contributed by atoms with Crippen LogP contribution in [0.2, 0.25) is 0 Å². The Balaban J connectivity index is 0.00000341. The first-order valence-corrected chi connectivity index (χ1v) is 10.0. The van der Waals surface area contributed by atoms with Gasteiger partial charge in [0.1, 0.15) is 11.3 Å². The van der Waals surface area contributed by atoms with Gasteiger partial charge in [-0.05, 0) is 57.4 Å². The SMILES string of the molecule is COC(=O)c1ccc(C(=O)N(CCCN(C)C)c2nc3c(F)cc(F)cc3s2)cc1.Cl. The van der Waals surface area contributed by atoms with Crippen LogP contribution in [0.15, 0.2) is 36.4 Å². The predicted octanol–water partition coefficient (Wildman–Crippen LogP) is 4.38. The Morgan fingerprint density at radius 3 is 2.32 bits per heavy atom. The number of carbonyl (C=O) groups excluding carboxylic acids is 2. The van der Waals surface area contributed by atoms with Crippen LogP contribution in [0.5, 0.6) is 0 Å². The first-order valence-electron chi connectivity index (χ1n) is 9.20. The first kappa shape index (κ1) is 24.6. The molecule has 0 fully saturated rings. The highest BCUT2D eigenvalue weighted by Gasteiger charge is 2.23. The third-order valence-electron chi connectivity index (χ3n) is 4.42. The van der Waals surface area contributed by atoms with Crippen molar-refractivity contribution in [3.8, 4) is 0 Å². The minimum atomic E-state index is -0.768. The summed E-state index contributed by atoms with van der Waals surface area (Å²) in [6, 6.07) is 8.04. The number of halogens is 3. The summed E-state index contributed by atoms with van der Waals surface area (Å²) in [7, 11) is 5.13. The number of nitrogens with zero attached hydrogens (tertiary/aromatic N) is 3. The Hall–Kier alpha value is -2.62. The van der Waals surface area contributed by atoms with E-state index in [0.717, 1.165) is 23.9 Å². The summed E-state index contributed by atoms with van der Waals surface area (Å²) in [5.74, 6) is -2.31. The number of hydrogen-bond donors (Lipinski definition) is 0. The van der Waals surface area contributed by atoms with Crippen molar-refractivity contribution in [3.05, 3.63) is 59.2 Å². The molecule has 0 aliphatic heterocycles. The van der Waals surface area contributed by atoms with Gasteiger partial charge in [0, 0.05) is 18.2 Å². The largest absolute Gasteiger partial charge is 0.465 e. The van der Waals surface area contributed by atoms with Gasteiger partial charge in [0.05, 0.1) is 17.4 Å². The standard InChI is InChI=1S/C21H21F2N3O3S.ClH/c1-25(2)9-4-10-26(19(27)13-5-7-14(8-6-13)20(28)29-3)21-24-18-16(23)11-15(22)12-17(18)30-21;/h5-8,11-12H,4,9-10H2,1-3H3;1H. The van der Waals surface area contributed by atoms with Crippen molar-refractivity contribution in [1.29, 1.82) is 0 Å². The number of thiazole rings is 1. The zero-order valence-corrected chi connectivity index (χ0v) is 18.9. The van der Waals surface area contributed by atoms with Gasteiger partial charge in [-0.3, -0.25) is 9.69 Å². The number of hydrogen-bond acceptors (Lipinski definition) is 6. The molecule has 1 heterocycles. The fourth-order valence-corrected chi connectivity index (χ4v) is 3.94. The van der Waals surface area contributed by atoms with Crippen molar-refractivity contribution in [2.45, 2.75) is 6.42 Å². The Bertz CT molecular complexity index is 1070. The monoisotopic (exact) mass is 469 g/mol. The first-order chi connectivity index (χ1) is 14.3. The third kappa shape index (κ3) is 5.75. The van der Waals surface area contributed by atoms with Gasteiger partial charge in [0.15, 0.2) is 10.9 Å². The average molecular weight is 470 g/mol. The molecule has 166 valence electrons. The molecule has 0 saturated heterocycles. The molecule has 0 unspecified atom stereocenters. The molecule has 0 radical (unpaired) electrons. The molecular weight excluding hydrogens is 448 g/mol. The number of ether oxygens (including phenoxy) is 1. The minimum absolute atomic E-state index is 0. The number of fused-ring (bicyclic) bond motifs is 1. The van der Waals surface area contributed by atoms with Gasteiger partial charge >= 0.3 is 5.97 Å². The van der Waals surface area contributed by atoms with E-state index in [1.165, 1.54) is 42.3 Å². The summed E-state index contributed by atoms with van der Waals surface area (Å²) in [6.07, 6.45) is 0.658. The number of carbonyl (C=O) groups is 2. The molecule has 3 rings (SSSR count). The van der Waals surface area contributed by atoms with Crippen LogP contribution in [0.4, 0.5) is 13.9 Å². The average Bonchev–Trinajstić information content (AvgIpc) is 3.14. The lowest BCUT2D eigenvalue weighted by Crippen LogP contribution is -2.33. The fraction of sp³-hybridized carbons (Fsp3) is 0.286. The predicted molar refractivity (Wildman–Crippen MR) is 119 cm³/mol. The van der Waals surface area contributed by atoms with E-state index >= 15 is 0 Å². The summed E-state index contributed by atoms with van der Waals surface area (Å²) in [6.45, 7) is 1.08. The van der Waals surface area contributed by atoms with Crippen molar-refractivity contribution in [1.82, 2.24) is 9.88 Å². The van der Waals surface area contributed by atoms with Crippen molar-refractivity contribution < 1.29 is 23.1 Å². The smallest absolute Gasteiger partial charge is 0.337 e. The van der Waals surface area contributed by atoms with Gasteiger partial charge in [0.2, 0.25) is 0 Å². The molecular formula is C21H22ClF2N3O3S. The molecule has 2 aromatic carbocycles. The number of benzene rings is 2. The van der Waals surface area contributed by atoms with Crippen LogP contribution in [0, 0.1) is 11.6 Å². The molecule has 0 bridgehead atoms. The van der Waals surface area contributed by atoms with Gasteiger partial charge in [0.25, 0.3) is 5.91 Å². The highest BCUT2D eigenvalue weighted by Crippen LogP contribution is 2.32. The Labute approximate surface area is 188 Å². The van der Waals surface area contributed by atoms with Crippen molar-refractivity contribution in [2.24, 2.45) is 0 Å². The molecule has 0 aliphatic carbocycles. The number of amides is 1. The summed E-state index contributed by atoms with van der Waals surface area (Å²) < 4.78 is 32.7. The second kappa shape index (κ2) is 10.6. The lowest BCUT2D eigenvalue weighted by Gasteiger charge is -2.21. The van der Waals surface area contributed by atoms with Gasteiger partial charge < -0.3 is 9.64 Å². The van der Waals surface area contributed by atoms with E-state index in [9.17, 15) is 18.4 Å². The molecule has 10 heteroatoms. The molecule has 0 spiro atoms. The minimum Gasteiger partial charge on any atom is -0.465 e. The van der Waals surface area contributed by atoms with E-state index in [0.29, 0.717) is 28.8 Å². The van der Waals surface area contributed by atoms with Gasteiger partial charge in [-0.25, -0.2) is 18.6 Å². The maximum Gasteiger partial charge on any atom is 0.337 e. The number of esters is 1. The lowest BCUT2D eigenvalue weighted by atomic mass is 10.1. The van der Waals surface area contributed by atoms with Crippen LogP contribution in [-0.4, -0.2) is 56.1 Å². The maximum atomic E-state index is 14.1. The number of methoxy groups -OCH3 is 1. The highest BCUT2D eigenvalue weighted by molar-refractivity contribution is 7.22. The van der Waals surface area contributed by atoms with E-state index < -0.39 is 17.6 Å². The van der Waals surface area contributed by atoms with E-state index in [1.807, 2.05) is 19.0 Å². The molecule has 3 aromatic rings. The molecule has 0 aliphatic rings. The quantitative estimate of drug-likeness (QED) is 0.480. The van der Waals surface area contributed by atoms with Gasteiger partial charge in [-0.1, -0.05) is 11.3 Å². The van der Waals surface area contributed by atoms with E-state index in [4.69, 9.17) is 0 Å². The second-order valence-corrected chi connectivity index (χ2v) is 7.92. The van der Waals surface area contributed by atoms with Crippen molar-refractivity contribution in [3.63, 3.8) is 0 Å². The van der Waals surface area contributed by atoms with Crippen LogP contribution < -0.4 is 4.90 Å². The van der Waals surface area contributed by atoms with Crippen LogP contribution in [-0.2, 0) is 4.74 Å². The third-order valence-corrected chi connectivity index (χ3v) is 5.44. The molecule has 31 heavy (non-hydrogen) atoms. The maximum absolute atomic E-state index is 14.1. The fourth-order valence-electron chi connectivity index (χ4n) is 2.91. The van der Waals surface area contributed by atoms with E-state index in [1.54, 1.807) is 0 Å². The number of aromatic nitrogens is 1. The lowest BCUT2D eigenvalue weighted by molar-refractivity contribution is 0.0600. The second-order valence-electron chi connectivity index (χ2n) is 6.91. The van der Waals surface area contributed by atoms with Crippen LogP contribution in [0.1, 0.15) is 27.1 Å². The Morgan fingerprint density at radius 2 is 1.71 bits per heavy atom. The summed E-state index contributed by atoms with van der Waals surface area (Å²) in [5.41, 5.74) is 0.701. The van der Waals surface area contributed by atoms with Crippen LogP contribution in [0.25, 0.3) is 10.2 Å². The topological polar surface area (TPSA) is 62.7 Å². The Morgan fingerprint density at radius 1 is 1.06 bits per heavy atom. The number of anilines is 1. The molecule has 0 atom stereocenters. The van der Waals surface area contributed by atoms with Crippen molar-refractivity contribution >= 4 is 51.0 Å². The molecule has 1 amide bonds. The van der Waals surface area contributed by atoms with Crippen LogP contribution >= 0.6 is 23.7 Å². The number of rotatable bonds is 7. The molecule has 1 aromatic heterocycles. The van der Waals surface area contributed by atoms with Gasteiger partial charge in [-0.15, -0.1) is 12.4 Å². The highest BCUT2D eigenvalue weighted by atomic mass is 35.5. The van der Waals surface area contributed by atoms with Crippen molar-refractivity contribution in [2.75, 3.05) is 39.2 Å². The molecule has 6 nitrogen and oxygen atoms in total. The van der Waals surface area contributed by atoms with Crippen LogP contribution in [0.3, 0.4) is 0 Å². The Kier molecular flexibility index (Phi) is 8.43. The van der Waals surface area contributed by atoms with Gasteiger partial charge in [-0.2, -0.15) is 0 Å². The summed E-state index contributed by atoms with van der Waals surface area (Å²) in [4.78, 5) is 32.5. The molecule has 0 N–H and O–H groups in total. The van der Waals surface area contributed by atoms with E-state index in [2.05, 4.69) is 9.72 Å². The summed E-state index contributed by atoms with van der Waals surface area (Å²) in [5, 5.41) is 0.287. The summed E-state index contributed by atoms with van der Waals surface area (Å²) >= 11 is 1.05. The van der Waals surface area contributed by atoms with E-state index in [-0.39, 0.29) is 29.0 Å². The molecule has 0 saturated carbocycles. The normalized spacial score (nSPS) is 10.8.